The minimum Gasteiger partial charge on any atom is -0.298 e. The summed E-state index contributed by atoms with van der Waals surface area (Å²) >= 11 is 10.2. The Morgan fingerprint density at radius 3 is 2.68 bits per heavy atom. The van der Waals surface area contributed by atoms with Crippen LogP contribution in [0, 0.1) is 0 Å². The molecule has 0 aliphatic heterocycles. The Kier molecular flexibility index (Phi) is 7.18. The van der Waals surface area contributed by atoms with Gasteiger partial charge >= 0.3 is 0 Å². The van der Waals surface area contributed by atoms with E-state index >= 15 is 0 Å². The molecular weight excluding hydrogens is 458 g/mol. The van der Waals surface area contributed by atoms with Crippen molar-refractivity contribution in [1.82, 2.24) is 20.2 Å². The van der Waals surface area contributed by atoms with Crippen molar-refractivity contribution >= 4 is 50.9 Å². The molecule has 2 aromatic carbocycles. The summed E-state index contributed by atoms with van der Waals surface area (Å²) in [4.78, 5) is 12.4. The largest absolute Gasteiger partial charge is 0.298 e. The molecule has 0 atom stereocenters. The van der Waals surface area contributed by atoms with Gasteiger partial charge in [0.15, 0.2) is 10.9 Å². The number of thiocarbonyl (C=S) groups is 1. The van der Waals surface area contributed by atoms with Gasteiger partial charge in [-0.15, -0.1) is 10.2 Å². The van der Waals surface area contributed by atoms with E-state index in [0.717, 1.165) is 16.0 Å². The molecule has 28 heavy (non-hydrogen) atoms. The van der Waals surface area contributed by atoms with Crippen molar-refractivity contribution in [3.63, 3.8) is 0 Å². The van der Waals surface area contributed by atoms with Crippen LogP contribution in [0.5, 0.6) is 0 Å². The molecule has 2 N–H and O–H groups in total. The molecule has 0 bridgehead atoms. The number of hydrogen-bond donors (Lipinski definition) is 2. The van der Waals surface area contributed by atoms with Crippen LogP contribution in [-0.2, 0) is 12.2 Å². The minimum atomic E-state index is -0.289. The normalized spacial score (nSPS) is 10.5. The Morgan fingerprint density at radius 2 is 1.96 bits per heavy atom. The van der Waals surface area contributed by atoms with Gasteiger partial charge in [0.25, 0.3) is 5.91 Å². The van der Waals surface area contributed by atoms with Crippen LogP contribution in [0.2, 0.25) is 0 Å². The number of nitrogens with one attached hydrogen (secondary N) is 2. The Morgan fingerprint density at radius 1 is 1.18 bits per heavy atom. The van der Waals surface area contributed by atoms with Crippen molar-refractivity contribution in [2.24, 2.45) is 0 Å². The molecule has 144 valence electrons. The first-order chi connectivity index (χ1) is 13.6. The number of amides is 1. The van der Waals surface area contributed by atoms with E-state index in [1.54, 1.807) is 34.6 Å². The number of nitrogens with zero attached hydrogens (tertiary/aromatic N) is 3. The third kappa shape index (κ3) is 5.40. The van der Waals surface area contributed by atoms with Crippen LogP contribution < -0.4 is 10.7 Å². The Balaban J connectivity index is 1.67. The molecule has 0 aliphatic rings. The lowest BCUT2D eigenvalue weighted by atomic mass is 10.2. The van der Waals surface area contributed by atoms with Crippen LogP contribution in [-0.4, -0.2) is 25.9 Å². The summed E-state index contributed by atoms with van der Waals surface area (Å²) in [5.74, 6) is 1.19. The minimum absolute atomic E-state index is 0.182. The quantitative estimate of drug-likeness (QED) is 0.412. The molecule has 0 saturated heterocycles. The first kappa shape index (κ1) is 20.5. The van der Waals surface area contributed by atoms with Crippen LogP contribution in [0.25, 0.3) is 0 Å². The van der Waals surface area contributed by atoms with E-state index in [-0.39, 0.29) is 11.0 Å². The lowest BCUT2D eigenvalue weighted by Crippen LogP contribution is -2.38. The van der Waals surface area contributed by atoms with Gasteiger partial charge in [-0.2, -0.15) is 0 Å². The van der Waals surface area contributed by atoms with Crippen molar-refractivity contribution < 1.29 is 4.79 Å². The molecule has 0 fully saturated rings. The average molecular weight is 476 g/mol. The Labute approximate surface area is 181 Å². The fourth-order valence-electron chi connectivity index (χ4n) is 2.39. The molecule has 1 amide bonds. The van der Waals surface area contributed by atoms with Gasteiger partial charge < -0.3 is 0 Å². The van der Waals surface area contributed by atoms with Gasteiger partial charge in [0.05, 0.1) is 0 Å². The average Bonchev–Trinajstić information content (AvgIpc) is 3.08. The third-order valence-electron chi connectivity index (χ3n) is 3.75. The lowest BCUT2D eigenvalue weighted by Gasteiger charge is -2.14. The molecule has 0 unspecified atom stereocenters. The molecule has 0 saturated carbocycles. The number of halogens is 1. The van der Waals surface area contributed by atoms with Crippen molar-refractivity contribution in [2.75, 3.05) is 5.43 Å². The number of benzene rings is 2. The van der Waals surface area contributed by atoms with E-state index in [1.165, 1.54) is 5.56 Å². The highest BCUT2D eigenvalue weighted by molar-refractivity contribution is 9.10. The smallest absolute Gasteiger partial charge is 0.257 e. The maximum atomic E-state index is 12.4. The summed E-state index contributed by atoms with van der Waals surface area (Å²) in [6, 6.07) is 17.2. The zero-order valence-electron chi connectivity index (χ0n) is 15.1. The molecule has 9 heteroatoms. The van der Waals surface area contributed by atoms with Crippen LogP contribution in [0.3, 0.4) is 0 Å². The van der Waals surface area contributed by atoms with E-state index in [0.29, 0.717) is 17.1 Å². The number of hydrogen-bond acceptors (Lipinski definition) is 5. The third-order valence-corrected chi connectivity index (χ3v) is 5.44. The van der Waals surface area contributed by atoms with E-state index in [9.17, 15) is 4.79 Å². The highest BCUT2D eigenvalue weighted by Crippen LogP contribution is 2.21. The van der Waals surface area contributed by atoms with Crippen molar-refractivity contribution in [1.29, 1.82) is 0 Å². The van der Waals surface area contributed by atoms with Gasteiger partial charge in [-0.25, -0.2) is 4.68 Å². The predicted octanol–water partition coefficient (Wildman–Crippen LogP) is 4.15. The Hall–Kier alpha value is -2.23. The number of carbonyl (C=O) groups is 1. The van der Waals surface area contributed by atoms with Crippen molar-refractivity contribution in [2.45, 2.75) is 24.3 Å². The van der Waals surface area contributed by atoms with E-state index in [4.69, 9.17) is 12.2 Å². The van der Waals surface area contributed by atoms with Crippen LogP contribution in [0.1, 0.15) is 28.7 Å². The Bertz CT molecular complexity index is 977. The number of rotatable bonds is 6. The highest BCUT2D eigenvalue weighted by atomic mass is 79.9. The second kappa shape index (κ2) is 9.81. The number of aryl methyl sites for hydroxylation is 1. The maximum absolute atomic E-state index is 12.4. The standard InChI is InChI=1S/C19H18BrN5OS2/c1-2-16-22-23-19(28-12-13-7-4-3-5-8-13)25(16)24-18(27)21-17(26)14-9-6-10-15(20)11-14/h3-11H,2,12H2,1H3,(H2,21,24,26,27). The first-order valence-corrected chi connectivity index (χ1v) is 10.7. The second-order valence-electron chi connectivity index (χ2n) is 5.77. The van der Waals surface area contributed by atoms with E-state index < -0.39 is 0 Å². The molecule has 3 aromatic rings. The zero-order chi connectivity index (χ0) is 19.9. The molecule has 1 heterocycles. The summed E-state index contributed by atoms with van der Waals surface area (Å²) in [6.07, 6.45) is 0.675. The van der Waals surface area contributed by atoms with Crippen LogP contribution in [0.15, 0.2) is 64.2 Å². The summed E-state index contributed by atoms with van der Waals surface area (Å²) < 4.78 is 2.54. The molecule has 1 aromatic heterocycles. The fourth-order valence-corrected chi connectivity index (χ4v) is 3.84. The van der Waals surface area contributed by atoms with Gasteiger partial charge in [-0.3, -0.25) is 15.5 Å². The number of thioether (sulfide) groups is 1. The van der Waals surface area contributed by atoms with Gasteiger partial charge in [0.2, 0.25) is 5.16 Å². The molecule has 0 spiro atoms. The molecule has 3 rings (SSSR count). The molecular formula is C19H18BrN5OS2. The highest BCUT2D eigenvalue weighted by Gasteiger charge is 2.14. The van der Waals surface area contributed by atoms with Gasteiger partial charge in [0, 0.05) is 22.2 Å². The fraction of sp³-hybridized carbons (Fsp3) is 0.158. The molecule has 0 aliphatic carbocycles. The zero-order valence-corrected chi connectivity index (χ0v) is 18.3. The van der Waals surface area contributed by atoms with E-state index in [2.05, 4.69) is 49.0 Å². The van der Waals surface area contributed by atoms with Crippen LogP contribution in [0.4, 0.5) is 0 Å². The van der Waals surface area contributed by atoms with Gasteiger partial charge in [0.1, 0.15) is 0 Å². The predicted molar refractivity (Wildman–Crippen MR) is 119 cm³/mol. The first-order valence-electron chi connectivity index (χ1n) is 8.55. The van der Waals surface area contributed by atoms with Crippen molar-refractivity contribution in [3.05, 3.63) is 76.0 Å². The maximum Gasteiger partial charge on any atom is 0.257 e. The van der Waals surface area contributed by atoms with Gasteiger partial charge in [-0.1, -0.05) is 71.0 Å². The van der Waals surface area contributed by atoms with Crippen molar-refractivity contribution in [3.8, 4) is 0 Å². The lowest BCUT2D eigenvalue weighted by molar-refractivity contribution is 0.0977. The summed E-state index contributed by atoms with van der Waals surface area (Å²) in [5.41, 5.74) is 4.72. The number of aromatic nitrogens is 3. The molecule has 6 nitrogen and oxygen atoms in total. The SMILES string of the molecule is CCc1nnc(SCc2ccccc2)n1NC(=S)NC(=O)c1cccc(Br)c1. The summed E-state index contributed by atoms with van der Waals surface area (Å²) in [6.45, 7) is 1.98. The topological polar surface area (TPSA) is 71.8 Å². The molecule has 0 radical (unpaired) electrons. The van der Waals surface area contributed by atoms with Gasteiger partial charge in [-0.05, 0) is 36.0 Å². The van der Waals surface area contributed by atoms with Crippen LogP contribution >= 0.6 is 39.9 Å². The second-order valence-corrected chi connectivity index (χ2v) is 8.03. The number of carbonyl (C=O) groups excluding carboxylic acids is 1. The van der Waals surface area contributed by atoms with E-state index in [1.807, 2.05) is 31.2 Å². The monoisotopic (exact) mass is 475 g/mol. The summed E-state index contributed by atoms with van der Waals surface area (Å²) in [7, 11) is 0. The summed E-state index contributed by atoms with van der Waals surface area (Å²) in [5, 5.41) is 12.0.